The summed E-state index contributed by atoms with van der Waals surface area (Å²) in [5.41, 5.74) is 8.60. The van der Waals surface area contributed by atoms with Crippen LogP contribution in [0.2, 0.25) is 0 Å². The number of alkyl halides is 3. The first-order valence-electron chi connectivity index (χ1n) is 10.2. The third-order valence-electron chi connectivity index (χ3n) is 5.62. The van der Waals surface area contributed by atoms with Gasteiger partial charge in [-0.3, -0.25) is 4.79 Å². The van der Waals surface area contributed by atoms with Crippen molar-refractivity contribution in [2.45, 2.75) is 32.1 Å². The van der Waals surface area contributed by atoms with Gasteiger partial charge in [0.25, 0.3) is 6.43 Å². The fourth-order valence-electron chi connectivity index (χ4n) is 4.02. The minimum Gasteiger partial charge on any atom is -0.382 e. The zero-order chi connectivity index (χ0) is 23.3. The van der Waals surface area contributed by atoms with Crippen LogP contribution in [0.1, 0.15) is 6.92 Å². The van der Waals surface area contributed by atoms with Gasteiger partial charge in [-0.05, 0) is 18.2 Å². The summed E-state index contributed by atoms with van der Waals surface area (Å²) in [6.45, 7) is 1.09. The van der Waals surface area contributed by atoms with E-state index in [2.05, 4.69) is 25.4 Å². The van der Waals surface area contributed by atoms with Crippen LogP contribution in [0.25, 0.3) is 27.9 Å². The number of likely N-dealkylation sites (tertiary alicyclic amines) is 1. The Labute approximate surface area is 185 Å². The summed E-state index contributed by atoms with van der Waals surface area (Å²) in [7, 11) is 0. The average molecular weight is 459 g/mol. The van der Waals surface area contributed by atoms with Gasteiger partial charge in [0, 0.05) is 25.2 Å². The van der Waals surface area contributed by atoms with Crippen molar-refractivity contribution in [3.8, 4) is 11.3 Å². The molecule has 4 aromatic rings. The van der Waals surface area contributed by atoms with Crippen LogP contribution in [0.3, 0.4) is 0 Å². The molecule has 0 unspecified atom stereocenters. The molecule has 0 aromatic carbocycles. The molecule has 2 atom stereocenters. The Bertz CT molecular complexity index is 1350. The van der Waals surface area contributed by atoms with Crippen molar-refractivity contribution < 1.29 is 18.0 Å². The van der Waals surface area contributed by atoms with Gasteiger partial charge in [0.15, 0.2) is 11.5 Å². The highest BCUT2D eigenvalue weighted by Gasteiger charge is 2.34. The highest BCUT2D eigenvalue weighted by atomic mass is 19.3. The summed E-state index contributed by atoms with van der Waals surface area (Å²) in [4.78, 5) is 25.8. The number of anilines is 2. The number of pyridine rings is 1. The molecule has 5 heterocycles. The second-order valence-electron chi connectivity index (χ2n) is 7.86. The molecule has 3 N–H and O–H groups in total. The van der Waals surface area contributed by atoms with Crippen molar-refractivity contribution in [3.05, 3.63) is 30.7 Å². The molecule has 4 aromatic heterocycles. The van der Waals surface area contributed by atoms with Gasteiger partial charge in [0.1, 0.15) is 17.2 Å². The Morgan fingerprint density at radius 2 is 2.09 bits per heavy atom. The quantitative estimate of drug-likeness (QED) is 0.468. The predicted octanol–water partition coefficient (Wildman–Crippen LogP) is 1.97. The van der Waals surface area contributed by atoms with Crippen molar-refractivity contribution in [1.29, 1.82) is 0 Å². The van der Waals surface area contributed by atoms with E-state index in [4.69, 9.17) is 5.73 Å². The number of fused-ring (bicyclic) bond motifs is 2. The van der Waals surface area contributed by atoms with Crippen molar-refractivity contribution in [2.24, 2.45) is 0 Å². The van der Waals surface area contributed by atoms with Gasteiger partial charge < -0.3 is 20.5 Å². The lowest BCUT2D eigenvalue weighted by atomic mass is 10.2. The molecule has 0 aliphatic carbocycles. The number of rotatable bonds is 5. The number of halogens is 3. The lowest BCUT2D eigenvalue weighted by Crippen LogP contribution is -2.32. The molecule has 1 aliphatic rings. The van der Waals surface area contributed by atoms with Crippen LogP contribution in [-0.4, -0.2) is 71.7 Å². The number of nitrogens with one attached hydrogen (secondary N) is 1. The van der Waals surface area contributed by atoms with E-state index in [9.17, 15) is 18.0 Å². The van der Waals surface area contributed by atoms with Crippen molar-refractivity contribution in [1.82, 2.24) is 34.0 Å². The van der Waals surface area contributed by atoms with Gasteiger partial charge in [-0.15, -0.1) is 5.10 Å². The van der Waals surface area contributed by atoms with E-state index in [1.165, 1.54) is 27.2 Å². The molecule has 172 valence electrons. The summed E-state index contributed by atoms with van der Waals surface area (Å²) in [5, 5.41) is 7.27. The first-order valence-corrected chi connectivity index (χ1v) is 10.2. The Hall–Kier alpha value is -3.90. The summed E-state index contributed by atoms with van der Waals surface area (Å²) < 4.78 is 42.8. The van der Waals surface area contributed by atoms with E-state index in [1.807, 2.05) is 0 Å². The van der Waals surface area contributed by atoms with Gasteiger partial charge >= 0.3 is 0 Å². The highest BCUT2D eigenvalue weighted by molar-refractivity contribution is 5.88. The smallest absolute Gasteiger partial charge is 0.256 e. The zero-order valence-electron chi connectivity index (χ0n) is 17.5. The largest absolute Gasteiger partial charge is 0.382 e. The number of nitrogen functional groups attached to an aromatic ring is 1. The van der Waals surface area contributed by atoms with Crippen molar-refractivity contribution in [2.75, 3.05) is 24.1 Å². The fraction of sp³-hybridized carbons (Fsp3) is 0.350. The normalized spacial score (nSPS) is 18.6. The number of aromatic nitrogens is 6. The van der Waals surface area contributed by atoms with E-state index in [-0.39, 0.29) is 30.8 Å². The standard InChI is InChI=1S/C20H20F3N9O/c1-10(33)30-6-12(21)15(7-30)27-20-28-18(24)17-11(4-5-32(17)29-20)13-2-3-14-19(26-13)31(9-25-14)8-16(22)23/h2-5,9,12,15-16H,6-8H2,1H3,(H3,24,27,28,29)/t12-,15+/m0/s1. The maximum Gasteiger partial charge on any atom is 0.256 e. The SMILES string of the molecule is CC(=O)N1C[C@H](F)[C@H](Nc2nc(N)c3c(-c4ccc5ncn(CC(F)F)c5n4)ccn3n2)C1. The molecule has 1 saturated heterocycles. The van der Waals surface area contributed by atoms with Crippen molar-refractivity contribution in [3.63, 3.8) is 0 Å². The maximum atomic E-state index is 14.3. The molecular weight excluding hydrogens is 439 g/mol. The third kappa shape index (κ3) is 3.79. The van der Waals surface area contributed by atoms with Gasteiger partial charge in [-0.1, -0.05) is 0 Å². The zero-order valence-corrected chi connectivity index (χ0v) is 17.5. The van der Waals surface area contributed by atoms with Crippen molar-refractivity contribution >= 4 is 34.4 Å². The van der Waals surface area contributed by atoms with E-state index in [1.54, 1.807) is 24.4 Å². The molecule has 1 aliphatic heterocycles. The maximum absolute atomic E-state index is 14.3. The van der Waals surface area contributed by atoms with Gasteiger partial charge in [-0.2, -0.15) is 4.98 Å². The number of hydrogen-bond acceptors (Lipinski definition) is 7. The van der Waals surface area contributed by atoms with Crippen LogP contribution >= 0.6 is 0 Å². The topological polar surface area (TPSA) is 119 Å². The molecule has 10 nitrogen and oxygen atoms in total. The van der Waals surface area contributed by atoms with Crippen LogP contribution in [-0.2, 0) is 11.3 Å². The van der Waals surface area contributed by atoms with Crippen LogP contribution < -0.4 is 11.1 Å². The molecule has 13 heteroatoms. The number of nitrogens with zero attached hydrogens (tertiary/aromatic N) is 7. The summed E-state index contributed by atoms with van der Waals surface area (Å²) in [5.74, 6) is 0.0539. The van der Waals surface area contributed by atoms with Crippen LogP contribution in [0, 0.1) is 0 Å². The Morgan fingerprint density at radius 1 is 1.27 bits per heavy atom. The number of nitrogens with two attached hydrogens (primary N) is 1. The lowest BCUT2D eigenvalue weighted by molar-refractivity contribution is -0.128. The molecule has 1 amide bonds. The molecule has 1 fully saturated rings. The molecular formula is C20H20F3N9O. The highest BCUT2D eigenvalue weighted by Crippen LogP contribution is 2.29. The van der Waals surface area contributed by atoms with Crippen LogP contribution in [0.5, 0.6) is 0 Å². The number of amides is 1. The Morgan fingerprint density at radius 3 is 2.82 bits per heavy atom. The lowest BCUT2D eigenvalue weighted by Gasteiger charge is -2.15. The number of carbonyl (C=O) groups excluding carboxylic acids is 1. The van der Waals surface area contributed by atoms with Crippen LogP contribution in [0.15, 0.2) is 30.7 Å². The molecule has 0 bridgehead atoms. The monoisotopic (exact) mass is 459 g/mol. The number of imidazole rings is 1. The van der Waals surface area contributed by atoms with Gasteiger partial charge in [0.05, 0.1) is 31.2 Å². The van der Waals surface area contributed by atoms with Gasteiger partial charge in [0.2, 0.25) is 11.9 Å². The summed E-state index contributed by atoms with van der Waals surface area (Å²) in [6, 6.07) is 4.49. The molecule has 33 heavy (non-hydrogen) atoms. The minimum absolute atomic E-state index is 0.00861. The first kappa shape index (κ1) is 21.0. The molecule has 5 rings (SSSR count). The molecule has 0 radical (unpaired) electrons. The fourth-order valence-corrected chi connectivity index (χ4v) is 4.02. The minimum atomic E-state index is -2.54. The van der Waals surface area contributed by atoms with E-state index < -0.39 is 25.2 Å². The van der Waals surface area contributed by atoms with E-state index in [0.29, 0.717) is 27.9 Å². The van der Waals surface area contributed by atoms with Gasteiger partial charge in [-0.25, -0.2) is 27.7 Å². The predicted molar refractivity (Wildman–Crippen MR) is 114 cm³/mol. The first-order chi connectivity index (χ1) is 15.8. The average Bonchev–Trinajstić information content (AvgIpc) is 3.45. The Kier molecular flexibility index (Phi) is 5.02. The number of carbonyl (C=O) groups is 1. The second kappa shape index (κ2) is 7.90. The third-order valence-corrected chi connectivity index (χ3v) is 5.62. The second-order valence-corrected chi connectivity index (χ2v) is 7.86. The summed E-state index contributed by atoms with van der Waals surface area (Å²) in [6.07, 6.45) is -0.817. The van der Waals surface area contributed by atoms with E-state index >= 15 is 0 Å². The van der Waals surface area contributed by atoms with E-state index in [0.717, 1.165) is 0 Å². The Balaban J connectivity index is 1.47. The molecule has 0 spiro atoms. The summed E-state index contributed by atoms with van der Waals surface area (Å²) >= 11 is 0. The van der Waals surface area contributed by atoms with Crippen LogP contribution in [0.4, 0.5) is 24.9 Å². The molecule has 0 saturated carbocycles. The number of hydrogen-bond donors (Lipinski definition) is 2.